The quantitative estimate of drug-likeness (QED) is 0.291. The highest BCUT2D eigenvalue weighted by molar-refractivity contribution is 7.90. The van der Waals surface area contributed by atoms with E-state index < -0.39 is 10.0 Å². The number of rotatable bonds is 7. The van der Waals surface area contributed by atoms with E-state index in [9.17, 15) is 8.42 Å². The molecule has 8 heteroatoms. The first-order chi connectivity index (χ1) is 17.0. The van der Waals surface area contributed by atoms with Gasteiger partial charge in [-0.3, -0.25) is 0 Å². The van der Waals surface area contributed by atoms with Crippen LogP contribution in [0.2, 0.25) is 0 Å². The molecule has 2 heterocycles. The molecule has 0 bridgehead atoms. The van der Waals surface area contributed by atoms with Crippen molar-refractivity contribution in [2.75, 3.05) is 14.2 Å². The van der Waals surface area contributed by atoms with Crippen molar-refractivity contribution in [1.82, 2.24) is 8.96 Å². The standard InChI is InChI=1S/C27H22N2O5S/c1-32-25-15-10-19(17-26(25)33-2)24-18-29(27-23(24)9-6-16-28-27)35(30,31)22-13-11-21(12-14-22)34-20-7-4-3-5-8-20/h3-18H,1-2H3. The fourth-order valence-electron chi connectivity index (χ4n) is 3.87. The number of hydrogen-bond donors (Lipinski definition) is 0. The van der Waals surface area contributed by atoms with Gasteiger partial charge < -0.3 is 14.2 Å². The van der Waals surface area contributed by atoms with Gasteiger partial charge in [-0.1, -0.05) is 24.3 Å². The van der Waals surface area contributed by atoms with Crippen LogP contribution in [0.25, 0.3) is 22.2 Å². The van der Waals surface area contributed by atoms with Gasteiger partial charge in [-0.2, -0.15) is 0 Å². The Morgan fingerprint density at radius 3 is 2.20 bits per heavy atom. The minimum Gasteiger partial charge on any atom is -0.493 e. The van der Waals surface area contributed by atoms with Gasteiger partial charge in [0, 0.05) is 23.3 Å². The van der Waals surface area contributed by atoms with Crippen LogP contribution in [0.1, 0.15) is 0 Å². The van der Waals surface area contributed by atoms with Crippen LogP contribution in [-0.4, -0.2) is 31.6 Å². The molecule has 0 fully saturated rings. The summed E-state index contributed by atoms with van der Waals surface area (Å²) in [6, 6.07) is 24.7. The molecule has 35 heavy (non-hydrogen) atoms. The fourth-order valence-corrected chi connectivity index (χ4v) is 5.19. The topological polar surface area (TPSA) is 79.7 Å². The van der Waals surface area contributed by atoms with Crippen LogP contribution in [0.4, 0.5) is 0 Å². The molecule has 0 spiro atoms. The molecule has 0 N–H and O–H groups in total. The summed E-state index contributed by atoms with van der Waals surface area (Å²) >= 11 is 0. The van der Waals surface area contributed by atoms with Crippen molar-refractivity contribution in [3.05, 3.63) is 97.3 Å². The lowest BCUT2D eigenvalue weighted by Gasteiger charge is -2.09. The van der Waals surface area contributed by atoms with Crippen LogP contribution in [0.3, 0.4) is 0 Å². The summed E-state index contributed by atoms with van der Waals surface area (Å²) in [5.41, 5.74) is 1.82. The second-order valence-corrected chi connectivity index (χ2v) is 9.49. The molecule has 5 aromatic rings. The molecular formula is C27H22N2O5S. The zero-order valence-electron chi connectivity index (χ0n) is 19.1. The molecule has 0 saturated carbocycles. The average Bonchev–Trinajstić information content (AvgIpc) is 3.30. The lowest BCUT2D eigenvalue weighted by atomic mass is 10.1. The number of benzene rings is 3. The normalized spacial score (nSPS) is 11.4. The SMILES string of the molecule is COc1ccc(-c2cn(S(=O)(=O)c3ccc(Oc4ccccc4)cc3)c3ncccc23)cc1OC. The summed E-state index contributed by atoms with van der Waals surface area (Å²) < 4.78 is 45.0. The molecular weight excluding hydrogens is 464 g/mol. The van der Waals surface area contributed by atoms with Crippen LogP contribution in [0.15, 0.2) is 102 Å². The van der Waals surface area contributed by atoms with Gasteiger partial charge >= 0.3 is 0 Å². The Bertz CT molecular complexity index is 1590. The maximum atomic E-state index is 13.6. The smallest absolute Gasteiger partial charge is 0.269 e. The minimum absolute atomic E-state index is 0.124. The Kier molecular flexibility index (Phi) is 5.88. The first-order valence-corrected chi connectivity index (χ1v) is 12.2. The van der Waals surface area contributed by atoms with Crippen molar-refractivity contribution in [2.45, 2.75) is 4.90 Å². The highest BCUT2D eigenvalue weighted by Gasteiger charge is 2.23. The highest BCUT2D eigenvalue weighted by Crippen LogP contribution is 2.37. The first kappa shape index (κ1) is 22.5. The largest absolute Gasteiger partial charge is 0.493 e. The summed E-state index contributed by atoms with van der Waals surface area (Å²) in [6.07, 6.45) is 3.16. The minimum atomic E-state index is -3.93. The van der Waals surface area contributed by atoms with E-state index in [0.717, 1.165) is 5.56 Å². The molecule has 0 atom stereocenters. The predicted octanol–water partition coefficient (Wildman–Crippen LogP) is 5.75. The summed E-state index contributed by atoms with van der Waals surface area (Å²) in [4.78, 5) is 4.50. The monoisotopic (exact) mass is 486 g/mol. The zero-order chi connectivity index (χ0) is 24.4. The summed E-state index contributed by atoms with van der Waals surface area (Å²) in [7, 11) is -0.805. The number of para-hydroxylation sites is 1. The van der Waals surface area contributed by atoms with Crippen LogP contribution < -0.4 is 14.2 Å². The van der Waals surface area contributed by atoms with Gasteiger partial charge in [0.05, 0.1) is 19.1 Å². The van der Waals surface area contributed by atoms with Crippen molar-refractivity contribution >= 4 is 21.1 Å². The van der Waals surface area contributed by atoms with Gasteiger partial charge in [0.15, 0.2) is 17.1 Å². The van der Waals surface area contributed by atoms with Crippen LogP contribution >= 0.6 is 0 Å². The van der Waals surface area contributed by atoms with Crippen molar-refractivity contribution < 1.29 is 22.6 Å². The molecule has 2 aromatic heterocycles. The maximum absolute atomic E-state index is 13.6. The predicted molar refractivity (Wildman–Crippen MR) is 134 cm³/mol. The van der Waals surface area contributed by atoms with E-state index in [1.165, 1.54) is 16.1 Å². The van der Waals surface area contributed by atoms with E-state index in [4.69, 9.17) is 14.2 Å². The Morgan fingerprint density at radius 1 is 0.771 bits per heavy atom. The summed E-state index contributed by atoms with van der Waals surface area (Å²) in [6.45, 7) is 0. The Labute approximate surface area is 203 Å². The van der Waals surface area contributed by atoms with Crippen molar-refractivity contribution in [1.29, 1.82) is 0 Å². The van der Waals surface area contributed by atoms with E-state index in [1.54, 1.807) is 50.9 Å². The van der Waals surface area contributed by atoms with Crippen molar-refractivity contribution in [2.24, 2.45) is 0 Å². The molecule has 0 aliphatic heterocycles. The van der Waals surface area contributed by atoms with E-state index in [1.807, 2.05) is 48.5 Å². The van der Waals surface area contributed by atoms with Crippen molar-refractivity contribution in [3.63, 3.8) is 0 Å². The van der Waals surface area contributed by atoms with E-state index >= 15 is 0 Å². The summed E-state index contributed by atoms with van der Waals surface area (Å²) in [5, 5.41) is 0.701. The molecule has 7 nitrogen and oxygen atoms in total. The molecule has 3 aromatic carbocycles. The molecule has 0 aliphatic carbocycles. The maximum Gasteiger partial charge on any atom is 0.269 e. The fraction of sp³-hybridized carbons (Fsp3) is 0.0741. The van der Waals surface area contributed by atoms with Crippen LogP contribution in [-0.2, 0) is 10.0 Å². The molecule has 0 unspecified atom stereocenters. The number of nitrogens with zero attached hydrogens (tertiary/aromatic N) is 2. The van der Waals surface area contributed by atoms with Crippen LogP contribution in [0.5, 0.6) is 23.0 Å². The number of methoxy groups -OCH3 is 2. The molecule has 0 saturated heterocycles. The number of hydrogen-bond acceptors (Lipinski definition) is 6. The molecule has 176 valence electrons. The van der Waals surface area contributed by atoms with Gasteiger partial charge in [0.1, 0.15) is 11.5 Å². The Morgan fingerprint density at radius 2 is 1.49 bits per heavy atom. The number of pyridine rings is 1. The lowest BCUT2D eigenvalue weighted by Crippen LogP contribution is -2.12. The third-order valence-corrected chi connectivity index (χ3v) is 7.25. The first-order valence-electron chi connectivity index (χ1n) is 10.8. The molecule has 0 radical (unpaired) electrons. The summed E-state index contributed by atoms with van der Waals surface area (Å²) in [5.74, 6) is 2.34. The molecule has 5 rings (SSSR count). The van der Waals surface area contributed by atoms with Crippen molar-refractivity contribution in [3.8, 4) is 34.1 Å². The third-order valence-electron chi connectivity index (χ3n) is 5.59. The Balaban J connectivity index is 1.56. The lowest BCUT2D eigenvalue weighted by molar-refractivity contribution is 0.355. The third kappa shape index (κ3) is 4.20. The average molecular weight is 487 g/mol. The van der Waals surface area contributed by atoms with Gasteiger partial charge in [-0.25, -0.2) is 17.4 Å². The molecule has 0 amide bonds. The van der Waals surface area contributed by atoms with E-state index in [0.29, 0.717) is 39.6 Å². The van der Waals surface area contributed by atoms with Gasteiger partial charge in [0.25, 0.3) is 10.0 Å². The second kappa shape index (κ2) is 9.15. The van der Waals surface area contributed by atoms with Gasteiger partial charge in [0.2, 0.25) is 0 Å². The number of fused-ring (bicyclic) bond motifs is 1. The second-order valence-electron chi connectivity index (χ2n) is 7.67. The Hall–Kier alpha value is -4.30. The number of ether oxygens (including phenoxy) is 3. The van der Waals surface area contributed by atoms with E-state index in [2.05, 4.69) is 4.98 Å². The van der Waals surface area contributed by atoms with Crippen LogP contribution in [0, 0.1) is 0 Å². The highest BCUT2D eigenvalue weighted by atomic mass is 32.2. The molecule has 0 aliphatic rings. The van der Waals surface area contributed by atoms with E-state index in [-0.39, 0.29) is 4.90 Å². The van der Waals surface area contributed by atoms with Gasteiger partial charge in [-0.15, -0.1) is 0 Å². The number of aromatic nitrogens is 2. The zero-order valence-corrected chi connectivity index (χ0v) is 19.9. The van der Waals surface area contributed by atoms with Gasteiger partial charge in [-0.05, 0) is 66.2 Å².